The van der Waals surface area contributed by atoms with Crippen molar-refractivity contribution >= 4 is 11.9 Å². The van der Waals surface area contributed by atoms with Gasteiger partial charge in [-0.2, -0.15) is 0 Å². The molecular formula is C17H12F2O2. The number of ether oxygens (including phenoxy) is 1. The van der Waals surface area contributed by atoms with Crippen LogP contribution in [0.15, 0.2) is 48.0 Å². The van der Waals surface area contributed by atoms with Crippen LogP contribution in [-0.2, 0) is 0 Å². The summed E-state index contributed by atoms with van der Waals surface area (Å²) in [7, 11) is 0. The van der Waals surface area contributed by atoms with Crippen LogP contribution in [0.1, 0.15) is 22.3 Å². The van der Waals surface area contributed by atoms with Crippen molar-refractivity contribution in [3.63, 3.8) is 0 Å². The van der Waals surface area contributed by atoms with Gasteiger partial charge >= 0.3 is 0 Å². The molecule has 2 aromatic rings. The van der Waals surface area contributed by atoms with E-state index in [1.807, 2.05) is 0 Å². The highest BCUT2D eigenvalue weighted by Gasteiger charge is 2.21. The van der Waals surface area contributed by atoms with Gasteiger partial charge in [-0.05, 0) is 42.0 Å². The Balaban J connectivity index is 2.00. The smallest absolute Gasteiger partial charge is 0.192 e. The maximum absolute atomic E-state index is 13.3. The first-order valence-corrected chi connectivity index (χ1v) is 6.57. The fourth-order valence-electron chi connectivity index (χ4n) is 2.26. The Morgan fingerprint density at radius 2 is 1.71 bits per heavy atom. The Morgan fingerprint density at radius 3 is 2.48 bits per heavy atom. The molecule has 3 rings (SSSR count). The van der Waals surface area contributed by atoms with Crippen LogP contribution < -0.4 is 4.74 Å². The molecule has 0 aliphatic carbocycles. The molecule has 0 unspecified atom stereocenters. The van der Waals surface area contributed by atoms with Crippen LogP contribution in [-0.4, -0.2) is 12.4 Å². The molecule has 0 bridgehead atoms. The van der Waals surface area contributed by atoms with E-state index in [0.717, 1.165) is 5.56 Å². The molecule has 0 amide bonds. The predicted molar refractivity (Wildman–Crippen MR) is 75.2 cm³/mol. The minimum absolute atomic E-state index is 0.223. The number of ketones is 1. The molecule has 1 aliphatic rings. The van der Waals surface area contributed by atoms with E-state index in [4.69, 9.17) is 4.74 Å². The van der Waals surface area contributed by atoms with E-state index < -0.39 is 5.82 Å². The third-order valence-corrected chi connectivity index (χ3v) is 3.32. The summed E-state index contributed by atoms with van der Waals surface area (Å²) in [6, 6.07) is 9.75. The summed E-state index contributed by atoms with van der Waals surface area (Å²) < 4.78 is 31.7. The lowest BCUT2D eigenvalue weighted by Crippen LogP contribution is -2.02. The van der Waals surface area contributed by atoms with E-state index in [9.17, 15) is 13.6 Å². The van der Waals surface area contributed by atoms with Gasteiger partial charge in [0.25, 0.3) is 0 Å². The lowest BCUT2D eigenvalue weighted by atomic mass is 9.99. The molecule has 1 heterocycles. The Morgan fingerprint density at radius 1 is 1.00 bits per heavy atom. The lowest BCUT2D eigenvalue weighted by molar-refractivity contribution is 0.103. The number of benzene rings is 2. The van der Waals surface area contributed by atoms with Gasteiger partial charge in [0.05, 0.1) is 12.2 Å². The zero-order valence-corrected chi connectivity index (χ0v) is 11.1. The molecule has 0 fully saturated rings. The summed E-state index contributed by atoms with van der Waals surface area (Å²) in [5.41, 5.74) is 1.46. The first-order chi connectivity index (χ1) is 10.1. The van der Waals surface area contributed by atoms with Gasteiger partial charge in [0.15, 0.2) is 5.78 Å². The predicted octanol–water partition coefficient (Wildman–Crippen LogP) is 4.01. The van der Waals surface area contributed by atoms with Gasteiger partial charge in [-0.25, -0.2) is 8.78 Å². The number of halogens is 2. The molecule has 2 nitrogen and oxygen atoms in total. The number of rotatable bonds is 1. The highest BCUT2D eigenvalue weighted by Crippen LogP contribution is 2.28. The molecule has 0 saturated heterocycles. The van der Waals surface area contributed by atoms with Crippen molar-refractivity contribution in [2.75, 3.05) is 6.61 Å². The Hall–Kier alpha value is -2.49. The molecule has 0 atom stereocenters. The molecular weight excluding hydrogens is 274 g/mol. The molecule has 0 spiro atoms. The molecule has 4 heteroatoms. The van der Waals surface area contributed by atoms with Crippen LogP contribution in [0.2, 0.25) is 0 Å². The van der Waals surface area contributed by atoms with Crippen LogP contribution in [0.4, 0.5) is 8.78 Å². The number of carbonyl (C=O) groups excluding carboxylic acids is 1. The Labute approximate surface area is 120 Å². The Bertz CT molecular complexity index is 718. The van der Waals surface area contributed by atoms with E-state index in [0.29, 0.717) is 24.4 Å². The Kier molecular flexibility index (Phi) is 3.52. The van der Waals surface area contributed by atoms with E-state index in [1.54, 1.807) is 18.2 Å². The molecule has 0 saturated carbocycles. The zero-order chi connectivity index (χ0) is 14.8. The van der Waals surface area contributed by atoms with Crippen LogP contribution in [0.3, 0.4) is 0 Å². The molecule has 106 valence electrons. The third-order valence-electron chi connectivity index (χ3n) is 3.32. The number of carbonyl (C=O) groups is 1. The quantitative estimate of drug-likeness (QED) is 0.740. The average Bonchev–Trinajstić information content (AvgIpc) is 2.62. The largest absolute Gasteiger partial charge is 0.492 e. The van der Waals surface area contributed by atoms with E-state index >= 15 is 0 Å². The van der Waals surface area contributed by atoms with Crippen LogP contribution in [0.25, 0.3) is 6.08 Å². The summed E-state index contributed by atoms with van der Waals surface area (Å²) in [6.07, 6.45) is 2.11. The van der Waals surface area contributed by atoms with Crippen LogP contribution in [0.5, 0.6) is 5.75 Å². The van der Waals surface area contributed by atoms with Crippen LogP contribution >= 0.6 is 0 Å². The maximum atomic E-state index is 13.3. The first-order valence-electron chi connectivity index (χ1n) is 6.57. The van der Waals surface area contributed by atoms with Gasteiger partial charge in [-0.15, -0.1) is 0 Å². The molecule has 21 heavy (non-hydrogen) atoms. The number of hydrogen-bond donors (Lipinski definition) is 0. The summed E-state index contributed by atoms with van der Waals surface area (Å²) in [6.45, 7) is 0.345. The minimum Gasteiger partial charge on any atom is -0.492 e. The highest BCUT2D eigenvalue weighted by atomic mass is 19.1. The second kappa shape index (κ2) is 5.48. The summed E-state index contributed by atoms with van der Waals surface area (Å²) in [5, 5.41) is 0. The summed E-state index contributed by atoms with van der Waals surface area (Å²) >= 11 is 0. The van der Waals surface area contributed by atoms with Crippen molar-refractivity contribution in [3.8, 4) is 5.75 Å². The zero-order valence-electron chi connectivity index (χ0n) is 11.1. The maximum Gasteiger partial charge on any atom is 0.192 e. The molecule has 2 aromatic carbocycles. The molecule has 1 aliphatic heterocycles. The molecule has 0 N–H and O–H groups in total. The van der Waals surface area contributed by atoms with Gasteiger partial charge in [-0.1, -0.05) is 12.1 Å². The van der Waals surface area contributed by atoms with Crippen molar-refractivity contribution in [1.29, 1.82) is 0 Å². The SMILES string of the molecule is O=C1/C(=C\c2ccc(F)cc2)CCOc2ccc(F)cc21. The second-order valence-electron chi connectivity index (χ2n) is 4.79. The first kappa shape index (κ1) is 13.5. The van der Waals surface area contributed by atoms with Crippen molar-refractivity contribution in [3.05, 3.63) is 70.8 Å². The van der Waals surface area contributed by atoms with Gasteiger partial charge in [-0.3, -0.25) is 4.79 Å². The highest BCUT2D eigenvalue weighted by molar-refractivity contribution is 6.13. The van der Waals surface area contributed by atoms with Gasteiger partial charge < -0.3 is 4.74 Å². The standard InChI is InChI=1S/C17H12F2O2/c18-13-3-1-11(2-4-13)9-12-7-8-21-16-6-5-14(19)10-15(16)17(12)20/h1-6,9-10H,7-8H2/b12-9-. The second-order valence-corrected chi connectivity index (χ2v) is 4.79. The fraction of sp³-hybridized carbons (Fsp3) is 0.118. The minimum atomic E-state index is -0.478. The third kappa shape index (κ3) is 2.84. The van der Waals surface area contributed by atoms with Crippen molar-refractivity contribution in [2.24, 2.45) is 0 Å². The van der Waals surface area contributed by atoms with Gasteiger partial charge in [0, 0.05) is 12.0 Å². The normalized spacial score (nSPS) is 16.3. The van der Waals surface area contributed by atoms with Crippen molar-refractivity contribution in [1.82, 2.24) is 0 Å². The molecule has 0 aromatic heterocycles. The van der Waals surface area contributed by atoms with E-state index in [-0.39, 0.29) is 17.2 Å². The van der Waals surface area contributed by atoms with E-state index in [1.165, 1.54) is 30.3 Å². The average molecular weight is 286 g/mol. The molecule has 0 radical (unpaired) electrons. The monoisotopic (exact) mass is 286 g/mol. The summed E-state index contributed by atoms with van der Waals surface area (Å²) in [4.78, 5) is 12.5. The number of Topliss-reactive ketones (excluding diaryl/α,β-unsaturated/α-hetero) is 1. The van der Waals surface area contributed by atoms with Crippen molar-refractivity contribution < 1.29 is 18.3 Å². The van der Waals surface area contributed by atoms with Gasteiger partial charge in [0.2, 0.25) is 0 Å². The van der Waals surface area contributed by atoms with E-state index in [2.05, 4.69) is 0 Å². The van der Waals surface area contributed by atoms with Crippen molar-refractivity contribution in [2.45, 2.75) is 6.42 Å². The lowest BCUT2D eigenvalue weighted by Gasteiger charge is -2.05. The topological polar surface area (TPSA) is 26.3 Å². The number of fused-ring (bicyclic) bond motifs is 1. The van der Waals surface area contributed by atoms with Gasteiger partial charge in [0.1, 0.15) is 17.4 Å². The van der Waals surface area contributed by atoms with Crippen LogP contribution in [0, 0.1) is 11.6 Å². The summed E-state index contributed by atoms with van der Waals surface area (Å²) in [5.74, 6) is -0.677. The fourth-order valence-corrected chi connectivity index (χ4v) is 2.26. The number of hydrogen-bond acceptors (Lipinski definition) is 2.